The lowest BCUT2D eigenvalue weighted by molar-refractivity contribution is 0.102. The van der Waals surface area contributed by atoms with Gasteiger partial charge in [0.05, 0.1) is 0 Å². The van der Waals surface area contributed by atoms with Crippen LogP contribution in [0, 0.1) is 0 Å². The van der Waals surface area contributed by atoms with E-state index in [1.807, 2.05) is 0 Å². The van der Waals surface area contributed by atoms with Crippen LogP contribution >= 0.6 is 35.3 Å². The lowest BCUT2D eigenvalue weighted by atomic mass is 9.99. The summed E-state index contributed by atoms with van der Waals surface area (Å²) in [6.45, 7) is 1.99. The van der Waals surface area contributed by atoms with Crippen molar-refractivity contribution in [1.29, 1.82) is 0 Å². The first kappa shape index (κ1) is 17.1. The largest absolute Gasteiger partial charge is 0.320 e. The third-order valence-electron chi connectivity index (χ3n) is 3.41. The first-order valence-corrected chi connectivity index (χ1v) is 8.03. The monoisotopic (exact) mass is 358 g/mol. The molecule has 0 saturated carbocycles. The maximum atomic E-state index is 12.2. The Kier molecular flexibility index (Phi) is 6.14. The molecule has 118 valence electrons. The van der Waals surface area contributed by atoms with Gasteiger partial charge in [0.1, 0.15) is 5.01 Å². The number of benzene rings is 1. The Balaban J connectivity index is 0.00000176. The van der Waals surface area contributed by atoms with Crippen LogP contribution in [0.3, 0.4) is 0 Å². The molecule has 0 radical (unpaired) electrons. The SMILES string of the molecule is Cl.O=C(Nc1cccc(Cl)c1)c1nnc(C2CCNCC2)s1. The number of hydrogen-bond acceptors (Lipinski definition) is 5. The molecule has 0 bridgehead atoms. The second-order valence-corrected chi connectivity index (χ2v) is 6.38. The number of carbonyl (C=O) groups is 1. The van der Waals surface area contributed by atoms with Crippen LogP contribution in [0.1, 0.15) is 33.6 Å². The molecular weight excluding hydrogens is 343 g/mol. The quantitative estimate of drug-likeness (QED) is 0.882. The van der Waals surface area contributed by atoms with Gasteiger partial charge in [0.2, 0.25) is 5.01 Å². The Labute approximate surface area is 143 Å². The summed E-state index contributed by atoms with van der Waals surface area (Å²) < 4.78 is 0. The molecule has 22 heavy (non-hydrogen) atoms. The molecular formula is C14H16Cl2N4OS. The fraction of sp³-hybridized carbons (Fsp3) is 0.357. The third kappa shape index (κ3) is 4.16. The third-order valence-corrected chi connectivity index (χ3v) is 4.73. The number of aromatic nitrogens is 2. The number of nitrogens with zero attached hydrogens (tertiary/aromatic N) is 2. The molecule has 1 aliphatic heterocycles. The first-order chi connectivity index (χ1) is 10.2. The molecule has 0 atom stereocenters. The number of rotatable bonds is 3. The average Bonchev–Trinajstić information content (AvgIpc) is 2.98. The topological polar surface area (TPSA) is 66.9 Å². The predicted octanol–water partition coefficient (Wildman–Crippen LogP) is 3.33. The van der Waals surface area contributed by atoms with Crippen molar-refractivity contribution in [3.05, 3.63) is 39.3 Å². The Hall–Kier alpha value is -1.21. The predicted molar refractivity (Wildman–Crippen MR) is 91.4 cm³/mol. The van der Waals surface area contributed by atoms with E-state index < -0.39 is 0 Å². The fourth-order valence-corrected chi connectivity index (χ4v) is 3.41. The Morgan fingerprint density at radius 3 is 2.82 bits per heavy atom. The summed E-state index contributed by atoms with van der Waals surface area (Å²) in [5.41, 5.74) is 0.658. The Morgan fingerprint density at radius 2 is 2.09 bits per heavy atom. The van der Waals surface area contributed by atoms with E-state index in [1.54, 1.807) is 24.3 Å². The van der Waals surface area contributed by atoms with Gasteiger partial charge in [0, 0.05) is 16.6 Å². The summed E-state index contributed by atoms with van der Waals surface area (Å²) in [5.74, 6) is 0.173. The smallest absolute Gasteiger partial charge is 0.286 e. The van der Waals surface area contributed by atoms with Crippen LogP contribution in [-0.4, -0.2) is 29.2 Å². The number of hydrogen-bond donors (Lipinski definition) is 2. The molecule has 1 saturated heterocycles. The van der Waals surface area contributed by atoms with E-state index in [9.17, 15) is 4.79 Å². The lowest BCUT2D eigenvalue weighted by Gasteiger charge is -2.19. The van der Waals surface area contributed by atoms with E-state index in [-0.39, 0.29) is 18.3 Å². The van der Waals surface area contributed by atoms with Crippen LogP contribution < -0.4 is 10.6 Å². The standard InChI is InChI=1S/C14H15ClN4OS.ClH/c15-10-2-1-3-11(8-10)17-12(20)14-19-18-13(21-14)9-4-6-16-7-5-9;/h1-3,8-9,16H,4-7H2,(H,17,20);1H. The van der Waals surface area contributed by atoms with Crippen molar-refractivity contribution in [2.24, 2.45) is 0 Å². The molecule has 1 aromatic heterocycles. The molecule has 2 N–H and O–H groups in total. The molecule has 1 fully saturated rings. The molecule has 1 aliphatic rings. The van der Waals surface area contributed by atoms with E-state index in [1.165, 1.54) is 11.3 Å². The van der Waals surface area contributed by atoms with Crippen LogP contribution in [0.2, 0.25) is 5.02 Å². The number of amides is 1. The summed E-state index contributed by atoms with van der Waals surface area (Å²) in [6.07, 6.45) is 2.09. The van der Waals surface area contributed by atoms with Crippen LogP contribution in [0.15, 0.2) is 24.3 Å². The zero-order chi connectivity index (χ0) is 14.7. The van der Waals surface area contributed by atoms with Crippen molar-refractivity contribution >= 4 is 46.9 Å². The van der Waals surface area contributed by atoms with E-state index in [0.717, 1.165) is 30.9 Å². The maximum absolute atomic E-state index is 12.2. The highest BCUT2D eigenvalue weighted by Crippen LogP contribution is 2.28. The molecule has 2 heterocycles. The maximum Gasteiger partial charge on any atom is 0.286 e. The average molecular weight is 359 g/mol. The van der Waals surface area contributed by atoms with Crippen LogP contribution in [0.5, 0.6) is 0 Å². The van der Waals surface area contributed by atoms with Gasteiger partial charge < -0.3 is 10.6 Å². The van der Waals surface area contributed by atoms with Crippen molar-refractivity contribution in [2.45, 2.75) is 18.8 Å². The zero-order valence-corrected chi connectivity index (χ0v) is 14.1. The number of nitrogens with one attached hydrogen (secondary N) is 2. The van der Waals surface area contributed by atoms with Crippen molar-refractivity contribution in [1.82, 2.24) is 15.5 Å². The minimum absolute atomic E-state index is 0. The highest BCUT2D eigenvalue weighted by atomic mass is 35.5. The number of anilines is 1. The zero-order valence-electron chi connectivity index (χ0n) is 11.7. The van der Waals surface area contributed by atoms with Gasteiger partial charge in [0.15, 0.2) is 0 Å². The number of piperidine rings is 1. The number of halogens is 2. The second kappa shape index (κ2) is 7.87. The summed E-state index contributed by atoms with van der Waals surface area (Å²) >= 11 is 7.27. The Morgan fingerprint density at radius 1 is 1.32 bits per heavy atom. The Bertz CT molecular complexity index is 643. The van der Waals surface area contributed by atoms with Gasteiger partial charge in [-0.3, -0.25) is 4.79 Å². The van der Waals surface area contributed by atoms with Gasteiger partial charge in [-0.2, -0.15) is 0 Å². The molecule has 1 amide bonds. The van der Waals surface area contributed by atoms with Gasteiger partial charge in [-0.15, -0.1) is 22.6 Å². The van der Waals surface area contributed by atoms with E-state index in [0.29, 0.717) is 21.6 Å². The fourth-order valence-electron chi connectivity index (χ4n) is 2.31. The van der Waals surface area contributed by atoms with Gasteiger partial charge in [0.25, 0.3) is 5.91 Å². The molecule has 3 rings (SSSR count). The summed E-state index contributed by atoms with van der Waals surface area (Å²) in [4.78, 5) is 12.2. The molecule has 1 aromatic carbocycles. The van der Waals surface area contributed by atoms with Crippen molar-refractivity contribution in [2.75, 3.05) is 18.4 Å². The molecule has 0 spiro atoms. The second-order valence-electron chi connectivity index (χ2n) is 4.93. The summed E-state index contributed by atoms with van der Waals surface area (Å²) in [7, 11) is 0. The van der Waals surface area contributed by atoms with Crippen molar-refractivity contribution < 1.29 is 4.79 Å². The van der Waals surface area contributed by atoms with Gasteiger partial charge in [-0.05, 0) is 44.1 Å². The summed E-state index contributed by atoms with van der Waals surface area (Å²) in [6, 6.07) is 7.04. The van der Waals surface area contributed by atoms with E-state index in [2.05, 4.69) is 20.8 Å². The molecule has 2 aromatic rings. The molecule has 0 unspecified atom stereocenters. The molecule has 0 aliphatic carbocycles. The van der Waals surface area contributed by atoms with Crippen LogP contribution in [-0.2, 0) is 0 Å². The number of carbonyl (C=O) groups excluding carboxylic acids is 1. The van der Waals surface area contributed by atoms with Crippen molar-refractivity contribution in [3.8, 4) is 0 Å². The first-order valence-electron chi connectivity index (χ1n) is 6.83. The van der Waals surface area contributed by atoms with Crippen LogP contribution in [0.4, 0.5) is 5.69 Å². The van der Waals surface area contributed by atoms with Gasteiger partial charge in [-0.25, -0.2) is 0 Å². The highest BCUT2D eigenvalue weighted by Gasteiger charge is 2.21. The normalized spacial score (nSPS) is 15.1. The highest BCUT2D eigenvalue weighted by molar-refractivity contribution is 7.13. The minimum Gasteiger partial charge on any atom is -0.320 e. The summed E-state index contributed by atoms with van der Waals surface area (Å²) in [5, 5.41) is 16.2. The van der Waals surface area contributed by atoms with E-state index in [4.69, 9.17) is 11.6 Å². The molecule has 5 nitrogen and oxygen atoms in total. The van der Waals surface area contributed by atoms with E-state index >= 15 is 0 Å². The van der Waals surface area contributed by atoms with Crippen LogP contribution in [0.25, 0.3) is 0 Å². The van der Waals surface area contributed by atoms with Gasteiger partial charge >= 0.3 is 0 Å². The minimum atomic E-state index is -0.241. The lowest BCUT2D eigenvalue weighted by Crippen LogP contribution is -2.26. The van der Waals surface area contributed by atoms with Gasteiger partial charge in [-0.1, -0.05) is 29.0 Å². The molecule has 8 heteroatoms. The van der Waals surface area contributed by atoms with Crippen molar-refractivity contribution in [3.63, 3.8) is 0 Å².